The third kappa shape index (κ3) is 5.10. The van der Waals surface area contributed by atoms with Gasteiger partial charge in [-0.2, -0.15) is 0 Å². The number of nitrogens with one attached hydrogen (secondary N) is 2. The van der Waals surface area contributed by atoms with Crippen LogP contribution in [0, 0.1) is 12.7 Å². The number of halogens is 1. The summed E-state index contributed by atoms with van der Waals surface area (Å²) in [5.41, 5.74) is 2.91. The molecule has 3 nitrogen and oxygen atoms in total. The fourth-order valence-corrected chi connectivity index (χ4v) is 1.77. The van der Waals surface area contributed by atoms with Crippen molar-refractivity contribution in [1.29, 1.82) is 0 Å². The van der Waals surface area contributed by atoms with E-state index in [4.69, 9.17) is 0 Å². The number of hydrogen-bond acceptors (Lipinski definition) is 1. The molecule has 0 aliphatic heterocycles. The third-order valence-corrected chi connectivity index (χ3v) is 2.91. The van der Waals surface area contributed by atoms with Gasteiger partial charge in [0, 0.05) is 12.7 Å². The van der Waals surface area contributed by atoms with Crippen LogP contribution < -0.4 is 10.6 Å². The molecule has 0 unspecified atom stereocenters. The first kappa shape index (κ1) is 14.8. The van der Waals surface area contributed by atoms with Gasteiger partial charge in [0.1, 0.15) is 5.82 Å². The van der Waals surface area contributed by atoms with Crippen molar-refractivity contribution < 1.29 is 9.18 Å². The number of hydrogen-bond donors (Lipinski definition) is 2. The van der Waals surface area contributed by atoms with Gasteiger partial charge in [-0.3, -0.25) is 0 Å². The van der Waals surface area contributed by atoms with E-state index in [1.165, 1.54) is 17.7 Å². The second-order valence-corrected chi connectivity index (χ2v) is 4.70. The van der Waals surface area contributed by atoms with Crippen molar-refractivity contribution in [1.82, 2.24) is 10.6 Å². The van der Waals surface area contributed by atoms with Gasteiger partial charge in [0.25, 0.3) is 0 Å². The summed E-state index contributed by atoms with van der Waals surface area (Å²) < 4.78 is 13.0. The average Bonchev–Trinajstić information content (AvgIpc) is 2.47. The van der Waals surface area contributed by atoms with Gasteiger partial charge in [0.05, 0.1) is 0 Å². The molecule has 2 aromatic carbocycles. The maximum absolute atomic E-state index is 13.0. The highest BCUT2D eigenvalue weighted by atomic mass is 19.1. The molecule has 108 valence electrons. The van der Waals surface area contributed by atoms with Crippen molar-refractivity contribution in [2.75, 3.05) is 0 Å². The Morgan fingerprint density at radius 1 is 1.19 bits per heavy atom. The lowest BCUT2D eigenvalue weighted by Crippen LogP contribution is -2.31. The first-order valence-electron chi connectivity index (χ1n) is 6.65. The normalized spacial score (nSPS) is 10.6. The van der Waals surface area contributed by atoms with Crippen LogP contribution in [-0.4, -0.2) is 6.03 Å². The van der Waals surface area contributed by atoms with E-state index in [1.54, 1.807) is 24.4 Å². The number of benzene rings is 2. The molecule has 0 fully saturated rings. The van der Waals surface area contributed by atoms with Gasteiger partial charge in [0.2, 0.25) is 0 Å². The van der Waals surface area contributed by atoms with Gasteiger partial charge < -0.3 is 10.6 Å². The van der Waals surface area contributed by atoms with Crippen molar-refractivity contribution in [2.24, 2.45) is 0 Å². The number of aryl methyl sites for hydroxylation is 1. The van der Waals surface area contributed by atoms with E-state index in [0.29, 0.717) is 5.56 Å². The first-order chi connectivity index (χ1) is 10.1. The van der Waals surface area contributed by atoms with E-state index in [2.05, 4.69) is 10.6 Å². The minimum absolute atomic E-state index is 0.280. The third-order valence-electron chi connectivity index (χ3n) is 2.91. The molecule has 21 heavy (non-hydrogen) atoms. The molecule has 2 amide bonds. The molecule has 4 heteroatoms. The summed E-state index contributed by atoms with van der Waals surface area (Å²) in [6.45, 7) is 2.30. The molecule has 2 rings (SSSR count). The van der Waals surface area contributed by atoms with E-state index in [-0.39, 0.29) is 18.4 Å². The van der Waals surface area contributed by atoms with E-state index in [9.17, 15) is 9.18 Å². The van der Waals surface area contributed by atoms with Gasteiger partial charge in [-0.1, -0.05) is 42.0 Å². The maximum Gasteiger partial charge on any atom is 0.319 e. The van der Waals surface area contributed by atoms with Crippen LogP contribution in [0.2, 0.25) is 0 Å². The summed E-state index contributed by atoms with van der Waals surface area (Å²) in [5.74, 6) is -0.311. The SMILES string of the molecule is Cc1ccc(/C=C/NC(=O)NCc2cccc(F)c2)cc1. The fourth-order valence-electron chi connectivity index (χ4n) is 1.77. The Bertz CT molecular complexity index is 635. The minimum atomic E-state index is -0.331. The van der Waals surface area contributed by atoms with Crippen molar-refractivity contribution >= 4 is 12.1 Å². The molecule has 0 aliphatic rings. The Hall–Kier alpha value is -2.62. The van der Waals surface area contributed by atoms with Gasteiger partial charge in [-0.15, -0.1) is 0 Å². The Balaban J connectivity index is 1.78. The Kier molecular flexibility index (Phi) is 5.10. The fraction of sp³-hybridized carbons (Fsp3) is 0.118. The van der Waals surface area contributed by atoms with Gasteiger partial charge in [0.15, 0.2) is 0 Å². The van der Waals surface area contributed by atoms with E-state index in [1.807, 2.05) is 31.2 Å². The summed E-state index contributed by atoms with van der Waals surface area (Å²) in [4.78, 5) is 11.6. The van der Waals surface area contributed by atoms with Crippen LogP contribution in [-0.2, 0) is 6.54 Å². The lowest BCUT2D eigenvalue weighted by Gasteiger charge is -2.04. The summed E-state index contributed by atoms with van der Waals surface area (Å²) >= 11 is 0. The Morgan fingerprint density at radius 3 is 2.67 bits per heavy atom. The number of carbonyl (C=O) groups excluding carboxylic acids is 1. The van der Waals surface area contributed by atoms with Crippen LogP contribution in [0.5, 0.6) is 0 Å². The van der Waals surface area contributed by atoms with Crippen molar-refractivity contribution in [3.05, 3.63) is 77.2 Å². The second-order valence-electron chi connectivity index (χ2n) is 4.70. The topological polar surface area (TPSA) is 41.1 Å². The zero-order valence-corrected chi connectivity index (χ0v) is 11.8. The number of urea groups is 1. The molecule has 0 bridgehead atoms. The van der Waals surface area contributed by atoms with Gasteiger partial charge >= 0.3 is 6.03 Å². The number of carbonyl (C=O) groups is 1. The van der Waals surface area contributed by atoms with Crippen molar-refractivity contribution in [3.63, 3.8) is 0 Å². The predicted molar refractivity (Wildman–Crippen MR) is 82.0 cm³/mol. The highest BCUT2D eigenvalue weighted by Crippen LogP contribution is 2.04. The van der Waals surface area contributed by atoms with E-state index < -0.39 is 0 Å². The molecular formula is C17H17FN2O. The van der Waals surface area contributed by atoms with Crippen LogP contribution in [0.1, 0.15) is 16.7 Å². The molecule has 0 radical (unpaired) electrons. The molecule has 0 atom stereocenters. The first-order valence-corrected chi connectivity index (χ1v) is 6.65. The summed E-state index contributed by atoms with van der Waals surface area (Å²) in [7, 11) is 0. The van der Waals surface area contributed by atoms with Crippen LogP contribution in [0.15, 0.2) is 54.7 Å². The minimum Gasteiger partial charge on any atom is -0.334 e. The molecule has 0 aliphatic carbocycles. The average molecular weight is 284 g/mol. The summed E-state index contributed by atoms with van der Waals surface area (Å²) in [6.07, 6.45) is 3.38. The number of rotatable bonds is 4. The van der Waals surface area contributed by atoms with E-state index in [0.717, 1.165) is 5.56 Å². The predicted octanol–water partition coefficient (Wildman–Crippen LogP) is 3.60. The highest BCUT2D eigenvalue weighted by molar-refractivity contribution is 5.75. The van der Waals surface area contributed by atoms with Crippen LogP contribution in [0.4, 0.5) is 9.18 Å². The Labute approximate surface area is 123 Å². The largest absolute Gasteiger partial charge is 0.334 e. The zero-order chi connectivity index (χ0) is 15.1. The van der Waals surface area contributed by atoms with E-state index >= 15 is 0 Å². The molecule has 0 heterocycles. The van der Waals surface area contributed by atoms with Gasteiger partial charge in [-0.25, -0.2) is 9.18 Å². The summed E-state index contributed by atoms with van der Waals surface area (Å²) in [5, 5.41) is 5.26. The molecule has 0 aromatic heterocycles. The molecule has 2 N–H and O–H groups in total. The molecule has 2 aromatic rings. The smallest absolute Gasteiger partial charge is 0.319 e. The highest BCUT2D eigenvalue weighted by Gasteiger charge is 1.99. The van der Waals surface area contributed by atoms with Crippen LogP contribution in [0.25, 0.3) is 6.08 Å². The lowest BCUT2D eigenvalue weighted by molar-refractivity contribution is 0.244. The van der Waals surface area contributed by atoms with Crippen molar-refractivity contribution in [2.45, 2.75) is 13.5 Å². The molecule has 0 spiro atoms. The Morgan fingerprint density at radius 2 is 1.95 bits per heavy atom. The van der Waals surface area contributed by atoms with Gasteiger partial charge in [-0.05, 0) is 36.3 Å². The molecule has 0 saturated heterocycles. The summed E-state index contributed by atoms with van der Waals surface area (Å²) in [6, 6.07) is 13.7. The monoisotopic (exact) mass is 284 g/mol. The molecular weight excluding hydrogens is 267 g/mol. The zero-order valence-electron chi connectivity index (χ0n) is 11.8. The quantitative estimate of drug-likeness (QED) is 0.885. The van der Waals surface area contributed by atoms with Crippen LogP contribution >= 0.6 is 0 Å². The second kappa shape index (κ2) is 7.24. The number of amides is 2. The lowest BCUT2D eigenvalue weighted by atomic mass is 10.1. The van der Waals surface area contributed by atoms with Crippen molar-refractivity contribution in [3.8, 4) is 0 Å². The maximum atomic E-state index is 13.0. The van der Waals surface area contributed by atoms with Crippen LogP contribution in [0.3, 0.4) is 0 Å². The standard InChI is InChI=1S/C17H17FN2O/c1-13-5-7-14(8-6-13)9-10-19-17(21)20-12-15-3-2-4-16(18)11-15/h2-11H,12H2,1H3,(H2,19,20,21)/b10-9+. The molecule has 0 saturated carbocycles.